The maximum atomic E-state index is 11.5. The van der Waals surface area contributed by atoms with Gasteiger partial charge in [0.2, 0.25) is 0 Å². The Morgan fingerprint density at radius 2 is 1.57 bits per heavy atom. The van der Waals surface area contributed by atoms with Crippen LogP contribution in [0.1, 0.15) is 120 Å². The summed E-state index contributed by atoms with van der Waals surface area (Å²) < 4.78 is 18.0. The minimum atomic E-state index is -1.09. The fourth-order valence-corrected chi connectivity index (χ4v) is 8.45. The zero-order valence-electron chi connectivity index (χ0n) is 26.9. The van der Waals surface area contributed by atoms with Gasteiger partial charge in [-0.05, 0) is 86.5 Å². The first-order valence-electron chi connectivity index (χ1n) is 17.3. The van der Waals surface area contributed by atoms with E-state index >= 15 is 0 Å². The Morgan fingerprint density at radius 3 is 2.23 bits per heavy atom. The molecule has 44 heavy (non-hydrogen) atoms. The van der Waals surface area contributed by atoms with Crippen molar-refractivity contribution in [1.82, 2.24) is 0 Å². The van der Waals surface area contributed by atoms with Crippen molar-refractivity contribution in [1.29, 1.82) is 0 Å². The molecule has 6 atom stereocenters. The number of carbonyl (C=O) groups is 1. The molecule has 0 aliphatic heterocycles. The number of hydrogen-bond acceptors (Lipinski definition) is 6. The number of phenols is 1. The van der Waals surface area contributed by atoms with Gasteiger partial charge in [-0.15, -0.1) is 6.42 Å². The summed E-state index contributed by atoms with van der Waals surface area (Å²) in [5, 5.41) is 30.2. The summed E-state index contributed by atoms with van der Waals surface area (Å²) in [6.45, 7) is 5.32. The number of phenolic OH excluding ortho intramolecular Hbond substituents is 1. The third kappa shape index (κ3) is 8.78. The fourth-order valence-electron chi connectivity index (χ4n) is 8.45. The molecule has 0 spiro atoms. The van der Waals surface area contributed by atoms with Crippen molar-refractivity contribution in [2.75, 3.05) is 33.0 Å². The Balaban J connectivity index is 1.09. The summed E-state index contributed by atoms with van der Waals surface area (Å²) in [6.07, 6.45) is 21.7. The number of carboxylic acids is 1. The van der Waals surface area contributed by atoms with Crippen LogP contribution in [-0.4, -0.2) is 66.0 Å². The van der Waals surface area contributed by atoms with E-state index in [1.165, 1.54) is 56.1 Å². The molecule has 0 amide bonds. The van der Waals surface area contributed by atoms with Crippen LogP contribution in [0.5, 0.6) is 5.75 Å². The van der Waals surface area contributed by atoms with Crippen LogP contribution >= 0.6 is 0 Å². The van der Waals surface area contributed by atoms with Crippen LogP contribution in [0.3, 0.4) is 0 Å². The molecule has 1 aromatic carbocycles. The zero-order valence-corrected chi connectivity index (χ0v) is 26.9. The number of aliphatic carboxylic acids is 1. The molecule has 0 aromatic heterocycles. The summed E-state index contributed by atoms with van der Waals surface area (Å²) in [6, 6.07) is 5.80. The van der Waals surface area contributed by atoms with Gasteiger partial charge in [0.15, 0.2) is 0 Å². The predicted molar refractivity (Wildman–Crippen MR) is 172 cm³/mol. The van der Waals surface area contributed by atoms with Gasteiger partial charge in [0.1, 0.15) is 11.4 Å². The van der Waals surface area contributed by atoms with Gasteiger partial charge in [-0.25, -0.2) is 0 Å². The van der Waals surface area contributed by atoms with Crippen LogP contribution in [0.4, 0.5) is 0 Å². The number of carboxylic acid groups (broad SMARTS) is 1. The molecule has 7 heteroatoms. The van der Waals surface area contributed by atoms with Gasteiger partial charge in [0.05, 0.1) is 19.3 Å². The van der Waals surface area contributed by atoms with Crippen LogP contribution in [0.15, 0.2) is 18.2 Å². The van der Waals surface area contributed by atoms with Gasteiger partial charge in [-0.3, -0.25) is 4.79 Å². The van der Waals surface area contributed by atoms with Crippen LogP contribution in [0.25, 0.3) is 0 Å². The van der Waals surface area contributed by atoms with Crippen molar-refractivity contribution < 1.29 is 34.3 Å². The molecule has 0 saturated heterocycles. The SMILES string of the molecule is C#C[C@]1(O)CC[C@H]2[C@@H]3CCc4cc(O)ccc4[C@H]3[C@@H](OCCOCCCCCCCCCCCOCCCC(=O)O)C[C@@]21C. The lowest BCUT2D eigenvalue weighted by Gasteiger charge is -2.55. The van der Waals surface area contributed by atoms with E-state index < -0.39 is 11.6 Å². The number of unbranched alkanes of at least 4 members (excludes halogenated alkanes) is 8. The maximum Gasteiger partial charge on any atom is 0.303 e. The van der Waals surface area contributed by atoms with E-state index in [4.69, 9.17) is 25.7 Å². The highest BCUT2D eigenvalue weighted by Crippen LogP contribution is 2.64. The van der Waals surface area contributed by atoms with Crippen molar-refractivity contribution in [2.45, 2.75) is 127 Å². The van der Waals surface area contributed by atoms with Crippen LogP contribution in [0.2, 0.25) is 0 Å². The van der Waals surface area contributed by atoms with Gasteiger partial charge >= 0.3 is 5.97 Å². The standard InChI is InChI=1S/C37H56O7/c1-3-37(41)20-19-32-31-17-15-28-26-29(38)16-18-30(28)35(31)33(27-36(32,37)2)44-25-24-43-22-12-10-8-6-4-5-7-9-11-21-42-23-13-14-34(39)40/h1,16,18,26,31-33,35,38,41H,4-15,17,19-25,27H2,2H3,(H,39,40)/t31-,32-,33-,35+,36-,37-/m0/s1. The lowest BCUT2D eigenvalue weighted by atomic mass is 9.52. The van der Waals surface area contributed by atoms with Crippen molar-refractivity contribution in [3.63, 3.8) is 0 Å². The summed E-state index contributed by atoms with van der Waals surface area (Å²) >= 11 is 0. The van der Waals surface area contributed by atoms with Crippen LogP contribution in [-0.2, 0) is 25.4 Å². The molecule has 3 aliphatic rings. The lowest BCUT2D eigenvalue weighted by molar-refractivity contribution is -0.137. The Kier molecular flexibility index (Phi) is 13.4. The minimum absolute atomic E-state index is 0.0391. The normalized spacial score (nSPS) is 29.0. The van der Waals surface area contributed by atoms with E-state index in [1.54, 1.807) is 6.07 Å². The number of aromatic hydroxyl groups is 1. The Morgan fingerprint density at radius 1 is 0.932 bits per heavy atom. The zero-order chi connectivity index (χ0) is 31.4. The van der Waals surface area contributed by atoms with Crippen molar-refractivity contribution >= 4 is 5.97 Å². The van der Waals surface area contributed by atoms with Gasteiger partial charge in [-0.1, -0.05) is 63.9 Å². The summed E-state index contributed by atoms with van der Waals surface area (Å²) in [5.41, 5.74) is 1.07. The highest BCUT2D eigenvalue weighted by Gasteiger charge is 2.63. The molecule has 0 heterocycles. The number of fused-ring (bicyclic) bond motifs is 5. The monoisotopic (exact) mass is 612 g/mol. The number of aryl methyl sites for hydroxylation is 1. The lowest BCUT2D eigenvalue weighted by Crippen LogP contribution is -2.55. The summed E-state index contributed by atoms with van der Waals surface area (Å²) in [4.78, 5) is 10.5. The van der Waals surface area contributed by atoms with Crippen molar-refractivity contribution in [3.05, 3.63) is 29.3 Å². The summed E-state index contributed by atoms with van der Waals surface area (Å²) in [5.74, 6) is 3.37. The summed E-state index contributed by atoms with van der Waals surface area (Å²) in [7, 11) is 0. The van der Waals surface area contributed by atoms with Crippen LogP contribution in [0, 0.1) is 29.6 Å². The number of ether oxygens (including phenoxy) is 3. The highest BCUT2D eigenvalue weighted by molar-refractivity contribution is 5.66. The minimum Gasteiger partial charge on any atom is -0.508 e. The van der Waals surface area contributed by atoms with Gasteiger partial charge < -0.3 is 29.5 Å². The molecule has 0 radical (unpaired) electrons. The average molecular weight is 613 g/mol. The molecule has 3 N–H and O–H groups in total. The Bertz CT molecular complexity index is 1080. The second-order valence-corrected chi connectivity index (χ2v) is 13.7. The molecule has 4 rings (SSSR count). The third-order valence-electron chi connectivity index (χ3n) is 10.9. The molecular weight excluding hydrogens is 556 g/mol. The average Bonchev–Trinajstić information content (AvgIpc) is 3.27. The Labute approximate surface area is 265 Å². The highest BCUT2D eigenvalue weighted by atomic mass is 16.5. The third-order valence-corrected chi connectivity index (χ3v) is 10.9. The smallest absolute Gasteiger partial charge is 0.303 e. The number of terminal acetylenes is 1. The molecule has 0 unspecified atom stereocenters. The first-order chi connectivity index (χ1) is 21.3. The maximum absolute atomic E-state index is 11.5. The number of benzene rings is 1. The van der Waals surface area contributed by atoms with Gasteiger partial charge in [0.25, 0.3) is 0 Å². The van der Waals surface area contributed by atoms with Crippen LogP contribution < -0.4 is 0 Å². The number of rotatable bonds is 20. The van der Waals surface area contributed by atoms with Gasteiger partial charge in [-0.2, -0.15) is 0 Å². The molecule has 0 bridgehead atoms. The van der Waals surface area contributed by atoms with Crippen molar-refractivity contribution in [2.24, 2.45) is 17.3 Å². The first-order valence-corrected chi connectivity index (χ1v) is 17.3. The van der Waals surface area contributed by atoms with E-state index in [0.717, 1.165) is 51.7 Å². The number of aliphatic hydroxyl groups is 1. The molecular formula is C37H56O7. The Hall–Kier alpha value is -2.11. The molecule has 1 aromatic rings. The molecule has 3 aliphatic carbocycles. The number of hydrogen-bond donors (Lipinski definition) is 3. The fraction of sp³-hybridized carbons (Fsp3) is 0.757. The topological polar surface area (TPSA) is 105 Å². The van der Waals surface area contributed by atoms with Gasteiger partial charge in [0, 0.05) is 37.6 Å². The van der Waals surface area contributed by atoms with E-state index in [1.807, 2.05) is 6.07 Å². The molecule has 246 valence electrons. The first kappa shape index (κ1) is 34.8. The molecule has 2 fully saturated rings. The predicted octanol–water partition coefficient (Wildman–Crippen LogP) is 7.02. The second-order valence-electron chi connectivity index (χ2n) is 13.7. The quantitative estimate of drug-likeness (QED) is 0.107. The second kappa shape index (κ2) is 17.0. The van der Waals surface area contributed by atoms with E-state index in [9.17, 15) is 15.0 Å². The molecule has 2 saturated carbocycles. The van der Waals surface area contributed by atoms with Crippen molar-refractivity contribution in [3.8, 4) is 18.1 Å². The van der Waals surface area contributed by atoms with E-state index in [-0.39, 0.29) is 23.9 Å². The largest absolute Gasteiger partial charge is 0.508 e. The molecule has 7 nitrogen and oxygen atoms in total. The van der Waals surface area contributed by atoms with E-state index in [2.05, 4.69) is 18.9 Å². The van der Waals surface area contributed by atoms with E-state index in [0.29, 0.717) is 50.2 Å².